The molecule has 108 valence electrons. The number of hydrogen-bond donors (Lipinski definition) is 2. The van der Waals surface area contributed by atoms with E-state index in [9.17, 15) is 12.8 Å². The highest BCUT2D eigenvalue weighted by molar-refractivity contribution is 9.10. The SMILES string of the molecule is CCCC(C)(C)NS(=O)(=O)c1cc(N)c(Br)cc1F. The summed E-state index contributed by atoms with van der Waals surface area (Å²) in [5, 5.41) is 0. The maximum Gasteiger partial charge on any atom is 0.244 e. The van der Waals surface area contributed by atoms with Crippen molar-refractivity contribution in [3.8, 4) is 0 Å². The lowest BCUT2D eigenvalue weighted by atomic mass is 10.0. The number of sulfonamides is 1. The molecule has 3 N–H and O–H groups in total. The van der Waals surface area contributed by atoms with Crippen LogP contribution in [-0.2, 0) is 10.0 Å². The Bertz CT molecular complexity index is 573. The summed E-state index contributed by atoms with van der Waals surface area (Å²) in [6.45, 7) is 5.47. The fourth-order valence-corrected chi connectivity index (χ4v) is 3.70. The van der Waals surface area contributed by atoms with Crippen LogP contribution in [-0.4, -0.2) is 14.0 Å². The van der Waals surface area contributed by atoms with Crippen LogP contribution in [0.15, 0.2) is 21.5 Å². The van der Waals surface area contributed by atoms with Gasteiger partial charge in [0.25, 0.3) is 0 Å². The van der Waals surface area contributed by atoms with Gasteiger partial charge in [-0.05, 0) is 48.3 Å². The van der Waals surface area contributed by atoms with Crippen LogP contribution in [0.3, 0.4) is 0 Å². The summed E-state index contributed by atoms with van der Waals surface area (Å²) in [5.41, 5.74) is 5.14. The highest BCUT2D eigenvalue weighted by atomic mass is 79.9. The first kappa shape index (κ1) is 16.4. The third kappa shape index (κ3) is 4.15. The van der Waals surface area contributed by atoms with Gasteiger partial charge in [0.15, 0.2) is 0 Å². The van der Waals surface area contributed by atoms with E-state index in [1.807, 2.05) is 6.92 Å². The van der Waals surface area contributed by atoms with Gasteiger partial charge in [-0.2, -0.15) is 0 Å². The van der Waals surface area contributed by atoms with E-state index in [2.05, 4.69) is 20.7 Å². The molecular weight excluding hydrogens is 335 g/mol. The molecule has 0 aliphatic carbocycles. The molecule has 0 amide bonds. The molecule has 0 fully saturated rings. The van der Waals surface area contributed by atoms with E-state index in [0.717, 1.165) is 18.6 Å². The molecule has 0 spiro atoms. The Morgan fingerprint density at radius 2 is 2.00 bits per heavy atom. The highest BCUT2D eigenvalue weighted by Crippen LogP contribution is 2.27. The van der Waals surface area contributed by atoms with Gasteiger partial charge >= 0.3 is 0 Å². The molecule has 0 unspecified atom stereocenters. The molecule has 1 aromatic rings. The number of hydrogen-bond acceptors (Lipinski definition) is 3. The molecule has 0 aliphatic heterocycles. The summed E-state index contributed by atoms with van der Waals surface area (Å²) < 4.78 is 41.0. The van der Waals surface area contributed by atoms with Crippen LogP contribution in [0.25, 0.3) is 0 Å². The van der Waals surface area contributed by atoms with Crippen molar-refractivity contribution < 1.29 is 12.8 Å². The third-order valence-electron chi connectivity index (χ3n) is 2.63. The second-order valence-electron chi connectivity index (χ2n) is 5.04. The Labute approximate surface area is 121 Å². The predicted molar refractivity (Wildman–Crippen MR) is 77.8 cm³/mol. The summed E-state index contributed by atoms with van der Waals surface area (Å²) >= 11 is 3.05. The zero-order chi connectivity index (χ0) is 14.8. The second kappa shape index (κ2) is 5.76. The van der Waals surface area contributed by atoms with Crippen molar-refractivity contribution in [3.05, 3.63) is 22.4 Å². The number of nitrogens with one attached hydrogen (secondary N) is 1. The molecule has 4 nitrogen and oxygen atoms in total. The maximum atomic E-state index is 13.8. The van der Waals surface area contributed by atoms with Crippen molar-refractivity contribution in [1.29, 1.82) is 0 Å². The quantitative estimate of drug-likeness (QED) is 0.800. The van der Waals surface area contributed by atoms with Crippen LogP contribution in [0.2, 0.25) is 0 Å². The number of benzene rings is 1. The Kier molecular flexibility index (Phi) is 4.97. The Hall–Kier alpha value is -0.660. The third-order valence-corrected chi connectivity index (χ3v) is 5.03. The zero-order valence-electron chi connectivity index (χ0n) is 11.1. The summed E-state index contributed by atoms with van der Waals surface area (Å²) in [7, 11) is -3.94. The first-order valence-corrected chi connectivity index (χ1v) is 8.15. The van der Waals surface area contributed by atoms with E-state index in [1.165, 1.54) is 0 Å². The van der Waals surface area contributed by atoms with Crippen molar-refractivity contribution in [3.63, 3.8) is 0 Å². The van der Waals surface area contributed by atoms with Gasteiger partial charge in [-0.25, -0.2) is 17.5 Å². The molecule has 0 bridgehead atoms. The van der Waals surface area contributed by atoms with Gasteiger partial charge in [0.1, 0.15) is 10.7 Å². The van der Waals surface area contributed by atoms with Gasteiger partial charge < -0.3 is 5.73 Å². The van der Waals surface area contributed by atoms with E-state index in [4.69, 9.17) is 5.73 Å². The van der Waals surface area contributed by atoms with Crippen molar-refractivity contribution in [2.45, 2.75) is 44.0 Å². The number of rotatable bonds is 5. The summed E-state index contributed by atoms with van der Waals surface area (Å²) in [6, 6.07) is 2.17. The fraction of sp³-hybridized carbons (Fsp3) is 0.500. The van der Waals surface area contributed by atoms with Crippen LogP contribution in [0.5, 0.6) is 0 Å². The molecule has 1 aromatic carbocycles. The molecular formula is C12H18BrFN2O2S. The minimum absolute atomic E-state index is 0.176. The largest absolute Gasteiger partial charge is 0.398 e. The van der Waals surface area contributed by atoms with Crippen LogP contribution in [0.4, 0.5) is 10.1 Å². The minimum atomic E-state index is -3.94. The first-order chi connectivity index (χ1) is 8.59. The molecule has 1 rings (SSSR count). The molecule has 0 saturated carbocycles. The van der Waals surface area contributed by atoms with Crippen molar-refractivity contribution >= 4 is 31.6 Å². The second-order valence-corrected chi connectivity index (χ2v) is 7.55. The van der Waals surface area contributed by atoms with E-state index in [1.54, 1.807) is 13.8 Å². The summed E-state index contributed by atoms with van der Waals surface area (Å²) in [5.74, 6) is -0.833. The molecule has 7 heteroatoms. The lowest BCUT2D eigenvalue weighted by molar-refractivity contribution is 0.416. The van der Waals surface area contributed by atoms with Crippen LogP contribution >= 0.6 is 15.9 Å². The van der Waals surface area contributed by atoms with Crippen LogP contribution in [0.1, 0.15) is 33.6 Å². The minimum Gasteiger partial charge on any atom is -0.398 e. The van der Waals surface area contributed by atoms with E-state index in [-0.39, 0.29) is 5.69 Å². The van der Waals surface area contributed by atoms with E-state index in [0.29, 0.717) is 10.9 Å². The highest BCUT2D eigenvalue weighted by Gasteiger charge is 2.28. The van der Waals surface area contributed by atoms with Gasteiger partial charge in [0, 0.05) is 15.7 Å². The first-order valence-electron chi connectivity index (χ1n) is 5.87. The molecule has 19 heavy (non-hydrogen) atoms. The van der Waals surface area contributed by atoms with Gasteiger partial charge in [-0.1, -0.05) is 13.3 Å². The number of anilines is 1. The van der Waals surface area contributed by atoms with Crippen LogP contribution < -0.4 is 10.5 Å². The number of nitrogens with two attached hydrogens (primary N) is 1. The monoisotopic (exact) mass is 352 g/mol. The molecule has 0 aliphatic rings. The van der Waals surface area contributed by atoms with Crippen molar-refractivity contribution in [2.75, 3.05) is 5.73 Å². The maximum absolute atomic E-state index is 13.8. The molecule has 0 aromatic heterocycles. The average molecular weight is 353 g/mol. The topological polar surface area (TPSA) is 72.2 Å². The fourth-order valence-electron chi connectivity index (χ4n) is 1.85. The lowest BCUT2D eigenvalue weighted by Crippen LogP contribution is -2.43. The molecule has 0 atom stereocenters. The van der Waals surface area contributed by atoms with Crippen molar-refractivity contribution in [1.82, 2.24) is 4.72 Å². The Morgan fingerprint density at radius 3 is 2.53 bits per heavy atom. The van der Waals surface area contributed by atoms with Gasteiger partial charge in [-0.15, -0.1) is 0 Å². The Morgan fingerprint density at radius 1 is 1.42 bits per heavy atom. The Balaban J connectivity index is 3.18. The zero-order valence-corrected chi connectivity index (χ0v) is 13.5. The van der Waals surface area contributed by atoms with Gasteiger partial charge in [0.05, 0.1) is 0 Å². The van der Waals surface area contributed by atoms with E-state index < -0.39 is 26.3 Å². The number of halogens is 2. The molecule has 0 saturated heterocycles. The van der Waals surface area contributed by atoms with Gasteiger partial charge in [0.2, 0.25) is 10.0 Å². The standard InChI is InChI=1S/C12H18BrFN2O2S/c1-4-5-12(2,3)16-19(17,18)11-7-10(15)8(13)6-9(11)14/h6-7,16H,4-5,15H2,1-3H3. The summed E-state index contributed by atoms with van der Waals surface area (Å²) in [6.07, 6.45) is 1.47. The number of nitrogen functional groups attached to an aromatic ring is 1. The lowest BCUT2D eigenvalue weighted by Gasteiger charge is -2.25. The van der Waals surface area contributed by atoms with Crippen LogP contribution in [0, 0.1) is 5.82 Å². The average Bonchev–Trinajstić information content (AvgIpc) is 2.21. The van der Waals surface area contributed by atoms with E-state index >= 15 is 0 Å². The predicted octanol–water partition coefficient (Wildman–Crippen LogP) is 3.03. The smallest absolute Gasteiger partial charge is 0.244 e. The van der Waals surface area contributed by atoms with Gasteiger partial charge in [-0.3, -0.25) is 0 Å². The normalized spacial score (nSPS) is 12.7. The molecule has 0 heterocycles. The summed E-state index contributed by atoms with van der Waals surface area (Å²) in [4.78, 5) is -0.433. The molecule has 0 radical (unpaired) electrons. The van der Waals surface area contributed by atoms with Crippen molar-refractivity contribution in [2.24, 2.45) is 0 Å².